The lowest BCUT2D eigenvalue weighted by Gasteiger charge is -2.22. The molecule has 0 radical (unpaired) electrons. The average Bonchev–Trinajstić information content (AvgIpc) is 2.14. The number of halogens is 3. The lowest BCUT2D eigenvalue weighted by Crippen LogP contribution is -2.44. The predicted molar refractivity (Wildman–Crippen MR) is 47.6 cm³/mol. The Morgan fingerprint density at radius 3 is 2.40 bits per heavy atom. The quantitative estimate of drug-likeness (QED) is 0.421. The van der Waals surface area contributed by atoms with Crippen molar-refractivity contribution in [3.05, 3.63) is 0 Å². The fourth-order valence-electron chi connectivity index (χ4n) is 0.940. The molecule has 0 aliphatic rings. The van der Waals surface area contributed by atoms with E-state index < -0.39 is 24.3 Å². The standard InChI is InChI=1S/C8H15F3N2O2/c1-3-4-6(7(14)13-12)15-5(2)8(9,10)11/h5-6H,3-4,12H2,1-2H3,(H,13,14). The highest BCUT2D eigenvalue weighted by Crippen LogP contribution is 2.24. The minimum atomic E-state index is -4.47. The molecule has 90 valence electrons. The number of hydrazine groups is 1. The zero-order chi connectivity index (χ0) is 12.1. The topological polar surface area (TPSA) is 64.3 Å². The van der Waals surface area contributed by atoms with Crippen LogP contribution in [0.25, 0.3) is 0 Å². The molecule has 0 fully saturated rings. The summed E-state index contributed by atoms with van der Waals surface area (Å²) < 4.78 is 41.0. The van der Waals surface area contributed by atoms with Crippen molar-refractivity contribution in [1.29, 1.82) is 0 Å². The highest BCUT2D eigenvalue weighted by atomic mass is 19.4. The number of hydrogen-bond donors (Lipinski definition) is 2. The zero-order valence-corrected chi connectivity index (χ0v) is 8.60. The number of rotatable bonds is 5. The van der Waals surface area contributed by atoms with Gasteiger partial charge < -0.3 is 4.74 Å². The van der Waals surface area contributed by atoms with Crippen LogP contribution in [0.4, 0.5) is 13.2 Å². The van der Waals surface area contributed by atoms with Crippen molar-refractivity contribution in [2.24, 2.45) is 5.84 Å². The van der Waals surface area contributed by atoms with Gasteiger partial charge in [0.05, 0.1) is 0 Å². The summed E-state index contributed by atoms with van der Waals surface area (Å²) in [5.41, 5.74) is 1.78. The largest absolute Gasteiger partial charge is 0.414 e. The first-order valence-electron chi connectivity index (χ1n) is 4.55. The fourth-order valence-corrected chi connectivity index (χ4v) is 0.940. The van der Waals surface area contributed by atoms with Crippen LogP contribution in [-0.2, 0) is 9.53 Å². The van der Waals surface area contributed by atoms with Gasteiger partial charge in [0, 0.05) is 0 Å². The fraction of sp³-hybridized carbons (Fsp3) is 0.875. The van der Waals surface area contributed by atoms with Crippen LogP contribution in [0.15, 0.2) is 0 Å². The van der Waals surface area contributed by atoms with Crippen LogP contribution < -0.4 is 11.3 Å². The van der Waals surface area contributed by atoms with E-state index in [1.165, 1.54) is 0 Å². The molecule has 0 heterocycles. The second-order valence-electron chi connectivity index (χ2n) is 3.11. The smallest absolute Gasteiger partial charge is 0.356 e. The minimum Gasteiger partial charge on any atom is -0.356 e. The molecule has 0 spiro atoms. The molecule has 2 unspecified atom stereocenters. The molecule has 0 saturated heterocycles. The molecule has 4 nitrogen and oxygen atoms in total. The molecule has 0 aromatic carbocycles. The Labute approximate surface area is 85.9 Å². The van der Waals surface area contributed by atoms with E-state index in [4.69, 9.17) is 5.84 Å². The van der Waals surface area contributed by atoms with E-state index in [0.717, 1.165) is 6.92 Å². The molecule has 15 heavy (non-hydrogen) atoms. The second kappa shape index (κ2) is 5.92. The van der Waals surface area contributed by atoms with E-state index >= 15 is 0 Å². The third-order valence-electron chi connectivity index (χ3n) is 1.81. The van der Waals surface area contributed by atoms with Crippen molar-refractivity contribution >= 4 is 5.91 Å². The van der Waals surface area contributed by atoms with E-state index in [-0.39, 0.29) is 6.42 Å². The summed E-state index contributed by atoms with van der Waals surface area (Å²) >= 11 is 0. The maximum atomic E-state index is 12.1. The van der Waals surface area contributed by atoms with Gasteiger partial charge in [-0.3, -0.25) is 10.2 Å². The number of nitrogens with two attached hydrogens (primary N) is 1. The lowest BCUT2D eigenvalue weighted by molar-refractivity contribution is -0.226. The first-order valence-corrected chi connectivity index (χ1v) is 4.55. The predicted octanol–water partition coefficient (Wildman–Crippen LogP) is 1.11. The Balaban J connectivity index is 4.34. The van der Waals surface area contributed by atoms with Crippen LogP contribution >= 0.6 is 0 Å². The zero-order valence-electron chi connectivity index (χ0n) is 8.60. The SMILES string of the molecule is CCCC(OC(C)C(F)(F)F)C(=O)NN. The van der Waals surface area contributed by atoms with Crippen LogP contribution in [0.3, 0.4) is 0 Å². The molecule has 1 amide bonds. The van der Waals surface area contributed by atoms with Crippen LogP contribution in [0.2, 0.25) is 0 Å². The van der Waals surface area contributed by atoms with Crippen LogP contribution in [0.5, 0.6) is 0 Å². The van der Waals surface area contributed by atoms with Crippen LogP contribution in [0.1, 0.15) is 26.7 Å². The highest BCUT2D eigenvalue weighted by Gasteiger charge is 2.39. The van der Waals surface area contributed by atoms with Gasteiger partial charge in [-0.05, 0) is 13.3 Å². The van der Waals surface area contributed by atoms with Gasteiger partial charge in [0.15, 0.2) is 6.10 Å². The molecule has 0 aliphatic carbocycles. The summed E-state index contributed by atoms with van der Waals surface area (Å²) in [6, 6.07) is 0. The Hall–Kier alpha value is -0.820. The summed E-state index contributed by atoms with van der Waals surface area (Å²) in [4.78, 5) is 11.0. The van der Waals surface area contributed by atoms with E-state index in [9.17, 15) is 18.0 Å². The number of ether oxygens (including phenoxy) is 1. The maximum absolute atomic E-state index is 12.1. The number of nitrogens with one attached hydrogen (secondary N) is 1. The van der Waals surface area contributed by atoms with Gasteiger partial charge >= 0.3 is 6.18 Å². The summed E-state index contributed by atoms with van der Waals surface area (Å²) in [6.07, 6.45) is -6.88. The highest BCUT2D eigenvalue weighted by molar-refractivity contribution is 5.80. The van der Waals surface area contributed by atoms with E-state index in [1.54, 1.807) is 12.3 Å². The third-order valence-corrected chi connectivity index (χ3v) is 1.81. The number of alkyl halides is 3. The molecule has 0 bridgehead atoms. The molecule has 3 N–H and O–H groups in total. The van der Waals surface area contributed by atoms with Gasteiger partial charge in [-0.2, -0.15) is 13.2 Å². The number of hydrogen-bond acceptors (Lipinski definition) is 3. The van der Waals surface area contributed by atoms with Gasteiger partial charge in [-0.1, -0.05) is 13.3 Å². The van der Waals surface area contributed by atoms with Crippen molar-refractivity contribution in [3.8, 4) is 0 Å². The number of amides is 1. The Bertz CT molecular complexity index is 209. The van der Waals surface area contributed by atoms with E-state index in [0.29, 0.717) is 6.42 Å². The third kappa shape index (κ3) is 4.98. The van der Waals surface area contributed by atoms with Gasteiger partial charge in [0.2, 0.25) is 0 Å². The van der Waals surface area contributed by atoms with Crippen molar-refractivity contribution in [1.82, 2.24) is 5.43 Å². The monoisotopic (exact) mass is 228 g/mol. The first-order chi connectivity index (χ1) is 6.82. The lowest BCUT2D eigenvalue weighted by atomic mass is 10.2. The Kier molecular flexibility index (Phi) is 5.59. The molecule has 2 atom stereocenters. The van der Waals surface area contributed by atoms with Crippen molar-refractivity contribution in [2.45, 2.75) is 45.1 Å². The Morgan fingerprint density at radius 1 is 1.53 bits per heavy atom. The minimum absolute atomic E-state index is 0.198. The van der Waals surface area contributed by atoms with Crippen molar-refractivity contribution in [3.63, 3.8) is 0 Å². The molecule has 0 aromatic heterocycles. The number of carbonyl (C=O) groups excluding carboxylic acids is 1. The number of carbonyl (C=O) groups is 1. The normalized spacial score (nSPS) is 15.9. The van der Waals surface area contributed by atoms with Gasteiger partial charge in [0.1, 0.15) is 6.10 Å². The maximum Gasteiger partial charge on any atom is 0.414 e. The summed E-state index contributed by atoms with van der Waals surface area (Å²) in [5.74, 6) is 4.08. The molecule has 0 rings (SSSR count). The van der Waals surface area contributed by atoms with E-state index in [2.05, 4.69) is 4.74 Å². The molecule has 0 aromatic rings. The second-order valence-corrected chi connectivity index (χ2v) is 3.11. The van der Waals surface area contributed by atoms with Gasteiger partial charge in [-0.25, -0.2) is 5.84 Å². The van der Waals surface area contributed by atoms with Gasteiger partial charge in [0.25, 0.3) is 5.91 Å². The van der Waals surface area contributed by atoms with Gasteiger partial charge in [-0.15, -0.1) is 0 Å². The summed E-state index contributed by atoms with van der Waals surface area (Å²) in [5, 5.41) is 0. The molecular weight excluding hydrogens is 213 g/mol. The first kappa shape index (κ1) is 14.2. The molecule has 7 heteroatoms. The molecule has 0 aliphatic heterocycles. The Morgan fingerprint density at radius 2 is 2.07 bits per heavy atom. The summed E-state index contributed by atoms with van der Waals surface area (Å²) in [6.45, 7) is 2.59. The average molecular weight is 228 g/mol. The molecular formula is C8H15F3N2O2. The van der Waals surface area contributed by atoms with Crippen molar-refractivity contribution in [2.75, 3.05) is 0 Å². The van der Waals surface area contributed by atoms with Crippen molar-refractivity contribution < 1.29 is 22.7 Å². The molecule has 0 saturated carbocycles. The summed E-state index contributed by atoms with van der Waals surface area (Å²) in [7, 11) is 0. The van der Waals surface area contributed by atoms with Crippen LogP contribution in [0, 0.1) is 0 Å². The van der Waals surface area contributed by atoms with Crippen LogP contribution in [-0.4, -0.2) is 24.3 Å². The van der Waals surface area contributed by atoms with E-state index in [1.807, 2.05) is 0 Å².